The minimum Gasteiger partial charge on any atom is -0.507 e. The first kappa shape index (κ1) is 24.0. The third-order valence-electron chi connectivity index (χ3n) is 5.56. The molecular formula is C25H32N2O4S. The van der Waals surface area contributed by atoms with E-state index in [4.69, 9.17) is 4.74 Å². The first-order valence-corrected chi connectivity index (χ1v) is 11.9. The van der Waals surface area contributed by atoms with Gasteiger partial charge in [0.05, 0.1) is 18.2 Å². The highest BCUT2D eigenvalue weighted by Gasteiger charge is 2.46. The first-order chi connectivity index (χ1) is 15.3. The van der Waals surface area contributed by atoms with Gasteiger partial charge in [-0.2, -0.15) is 0 Å². The van der Waals surface area contributed by atoms with Gasteiger partial charge in [-0.15, -0.1) is 11.3 Å². The highest BCUT2D eigenvalue weighted by Crippen LogP contribution is 2.41. The summed E-state index contributed by atoms with van der Waals surface area (Å²) in [6.45, 7) is 5.91. The van der Waals surface area contributed by atoms with Gasteiger partial charge < -0.3 is 19.6 Å². The lowest BCUT2D eigenvalue weighted by Gasteiger charge is -2.24. The Labute approximate surface area is 194 Å². The average Bonchev–Trinajstić information content (AvgIpc) is 3.37. The zero-order valence-corrected chi connectivity index (χ0v) is 20.1. The fraction of sp³-hybridized carbons (Fsp3) is 0.440. The smallest absolute Gasteiger partial charge is 0.295 e. The Kier molecular flexibility index (Phi) is 8.10. The number of hydrogen-bond acceptors (Lipinski definition) is 6. The number of carbonyl (C=O) groups excluding carboxylic acids is 2. The number of thiophene rings is 1. The lowest BCUT2D eigenvalue weighted by molar-refractivity contribution is -0.139. The molecule has 0 unspecified atom stereocenters. The van der Waals surface area contributed by atoms with Gasteiger partial charge in [0.2, 0.25) is 0 Å². The third kappa shape index (κ3) is 5.22. The molecule has 2 aromatic rings. The van der Waals surface area contributed by atoms with Gasteiger partial charge in [0, 0.05) is 17.0 Å². The van der Waals surface area contributed by atoms with Crippen LogP contribution >= 0.6 is 11.3 Å². The van der Waals surface area contributed by atoms with Crippen molar-refractivity contribution < 1.29 is 19.4 Å². The summed E-state index contributed by atoms with van der Waals surface area (Å²) < 4.78 is 5.81. The zero-order valence-electron chi connectivity index (χ0n) is 19.3. The number of ketones is 1. The van der Waals surface area contributed by atoms with Gasteiger partial charge in [-0.05, 0) is 75.6 Å². The first-order valence-electron chi connectivity index (χ1n) is 11.1. The summed E-state index contributed by atoms with van der Waals surface area (Å²) in [5, 5.41) is 13.1. The normalized spacial score (nSPS) is 18.0. The molecule has 6 nitrogen and oxygen atoms in total. The molecule has 1 amide bonds. The van der Waals surface area contributed by atoms with Crippen LogP contribution in [0.15, 0.2) is 41.3 Å². The van der Waals surface area contributed by atoms with E-state index < -0.39 is 17.7 Å². The molecule has 1 fully saturated rings. The number of hydrogen-bond donors (Lipinski definition) is 1. The van der Waals surface area contributed by atoms with E-state index in [1.54, 1.807) is 11.0 Å². The van der Waals surface area contributed by atoms with E-state index in [-0.39, 0.29) is 11.3 Å². The number of amides is 1. The van der Waals surface area contributed by atoms with E-state index in [9.17, 15) is 14.7 Å². The zero-order chi connectivity index (χ0) is 23.3. The Morgan fingerprint density at radius 2 is 2.00 bits per heavy atom. The molecule has 1 saturated heterocycles. The summed E-state index contributed by atoms with van der Waals surface area (Å²) >= 11 is 1.48. The van der Waals surface area contributed by atoms with Crippen molar-refractivity contribution in [3.63, 3.8) is 0 Å². The topological polar surface area (TPSA) is 70.1 Å². The van der Waals surface area contributed by atoms with Gasteiger partial charge >= 0.3 is 0 Å². The summed E-state index contributed by atoms with van der Waals surface area (Å²) in [7, 11) is 3.95. The number of aliphatic hydroxyl groups is 1. The van der Waals surface area contributed by atoms with Crippen molar-refractivity contribution in [2.45, 2.75) is 39.2 Å². The fourth-order valence-electron chi connectivity index (χ4n) is 3.85. The lowest BCUT2D eigenvalue weighted by Crippen LogP contribution is -2.32. The van der Waals surface area contributed by atoms with Crippen LogP contribution in [0.5, 0.6) is 5.75 Å². The highest BCUT2D eigenvalue weighted by molar-refractivity contribution is 7.10. The number of carbonyl (C=O) groups is 2. The molecule has 1 aliphatic heterocycles. The molecule has 0 bridgehead atoms. The molecule has 0 saturated carbocycles. The number of unbranched alkanes of at least 4 members (excludes halogenated alkanes) is 1. The maximum absolute atomic E-state index is 13.0. The number of nitrogens with zero attached hydrogens (tertiary/aromatic N) is 2. The fourth-order valence-corrected chi connectivity index (χ4v) is 4.70. The minimum absolute atomic E-state index is 0.139. The van der Waals surface area contributed by atoms with Crippen molar-refractivity contribution in [3.8, 4) is 5.75 Å². The molecular weight excluding hydrogens is 424 g/mol. The lowest BCUT2D eigenvalue weighted by atomic mass is 9.98. The van der Waals surface area contributed by atoms with E-state index in [1.807, 2.05) is 55.6 Å². The number of aliphatic hydroxyl groups excluding tert-OH is 1. The van der Waals surface area contributed by atoms with Crippen LogP contribution in [0, 0.1) is 6.92 Å². The van der Waals surface area contributed by atoms with Crippen LogP contribution in [-0.2, 0) is 9.59 Å². The third-order valence-corrected chi connectivity index (χ3v) is 6.49. The second-order valence-electron chi connectivity index (χ2n) is 8.35. The molecule has 1 aromatic heterocycles. The quantitative estimate of drug-likeness (QED) is 0.245. The molecule has 1 aromatic carbocycles. The summed E-state index contributed by atoms with van der Waals surface area (Å²) in [5.74, 6) is -0.569. The number of Topliss-reactive ketones (excluding diaryl/α,β-unsaturated/α-hetero) is 1. The van der Waals surface area contributed by atoms with Crippen LogP contribution in [0.3, 0.4) is 0 Å². The molecule has 0 radical (unpaired) electrons. The largest absolute Gasteiger partial charge is 0.507 e. The summed E-state index contributed by atoms with van der Waals surface area (Å²) in [4.78, 5) is 30.4. The van der Waals surface area contributed by atoms with Crippen molar-refractivity contribution in [2.24, 2.45) is 0 Å². The van der Waals surface area contributed by atoms with Gasteiger partial charge in [0.15, 0.2) is 0 Å². The maximum Gasteiger partial charge on any atom is 0.295 e. The van der Waals surface area contributed by atoms with Crippen LogP contribution in [0.1, 0.15) is 48.2 Å². The van der Waals surface area contributed by atoms with Gasteiger partial charge in [-0.25, -0.2) is 0 Å². The Bertz CT molecular complexity index is 982. The van der Waals surface area contributed by atoms with Crippen LogP contribution < -0.4 is 4.74 Å². The van der Waals surface area contributed by atoms with Crippen molar-refractivity contribution >= 4 is 28.8 Å². The van der Waals surface area contributed by atoms with E-state index in [1.165, 1.54) is 11.3 Å². The summed E-state index contributed by atoms with van der Waals surface area (Å²) in [6.07, 6.45) is 2.76. The van der Waals surface area contributed by atoms with Crippen molar-refractivity contribution in [1.82, 2.24) is 9.80 Å². The average molecular weight is 457 g/mol. The number of aryl methyl sites for hydroxylation is 1. The molecule has 32 heavy (non-hydrogen) atoms. The molecule has 172 valence electrons. The summed E-state index contributed by atoms with van der Waals surface area (Å²) in [5.41, 5.74) is 1.54. The molecule has 0 spiro atoms. The van der Waals surface area contributed by atoms with Crippen LogP contribution in [-0.4, -0.2) is 60.4 Å². The summed E-state index contributed by atoms with van der Waals surface area (Å²) in [6, 6.07) is 8.59. The highest BCUT2D eigenvalue weighted by atomic mass is 32.1. The molecule has 3 rings (SSSR count). The van der Waals surface area contributed by atoms with E-state index >= 15 is 0 Å². The Morgan fingerprint density at radius 3 is 2.62 bits per heavy atom. The van der Waals surface area contributed by atoms with Crippen molar-refractivity contribution in [2.75, 3.05) is 33.8 Å². The van der Waals surface area contributed by atoms with Crippen molar-refractivity contribution in [3.05, 3.63) is 57.3 Å². The number of rotatable bonds is 10. The Hall–Kier alpha value is -2.64. The van der Waals surface area contributed by atoms with E-state index in [2.05, 4.69) is 6.92 Å². The second kappa shape index (κ2) is 10.8. The van der Waals surface area contributed by atoms with Gasteiger partial charge in [0.1, 0.15) is 11.5 Å². The van der Waals surface area contributed by atoms with Gasteiger partial charge in [0.25, 0.3) is 11.7 Å². The standard InChI is InChI=1S/C25H32N2O4S/c1-5-6-14-31-19-11-10-18(16-17(19)2)23(28)21-22(20-9-7-15-32-20)27(25(30)24(21)29)13-8-12-26(3)4/h7,9-11,15-16,22,28H,5-6,8,12-14H2,1-4H3/b23-21+/t22-/m1/s1. The maximum atomic E-state index is 13.0. The number of ether oxygens (including phenoxy) is 1. The van der Waals surface area contributed by atoms with Crippen molar-refractivity contribution in [1.29, 1.82) is 0 Å². The second-order valence-corrected chi connectivity index (χ2v) is 9.33. The van der Waals surface area contributed by atoms with E-state index in [0.29, 0.717) is 18.7 Å². The molecule has 1 aliphatic rings. The Morgan fingerprint density at radius 1 is 1.22 bits per heavy atom. The minimum atomic E-state index is -0.633. The van der Waals surface area contributed by atoms with Gasteiger partial charge in [-0.1, -0.05) is 19.4 Å². The molecule has 0 aliphatic carbocycles. The Balaban J connectivity index is 1.96. The SMILES string of the molecule is CCCCOc1ccc(/C(O)=C2\C(=O)C(=O)N(CCCN(C)C)[C@@H]2c2cccs2)cc1C. The van der Waals surface area contributed by atoms with Crippen LogP contribution in [0.2, 0.25) is 0 Å². The van der Waals surface area contributed by atoms with Gasteiger partial charge in [-0.3, -0.25) is 9.59 Å². The number of likely N-dealkylation sites (tertiary alicyclic amines) is 1. The predicted octanol–water partition coefficient (Wildman–Crippen LogP) is 4.61. The molecule has 1 atom stereocenters. The van der Waals surface area contributed by atoms with Crippen LogP contribution in [0.25, 0.3) is 5.76 Å². The molecule has 2 heterocycles. The molecule has 1 N–H and O–H groups in total. The van der Waals surface area contributed by atoms with Crippen LogP contribution in [0.4, 0.5) is 0 Å². The van der Waals surface area contributed by atoms with E-state index in [0.717, 1.165) is 42.0 Å². The predicted molar refractivity (Wildman–Crippen MR) is 128 cm³/mol. The number of benzene rings is 1. The molecule has 7 heteroatoms. The monoisotopic (exact) mass is 456 g/mol.